The minimum atomic E-state index is -0.425. The summed E-state index contributed by atoms with van der Waals surface area (Å²) in [5.41, 5.74) is 0.254. The minimum absolute atomic E-state index is 0.254. The van der Waals surface area contributed by atoms with E-state index in [1.807, 2.05) is 0 Å². The van der Waals surface area contributed by atoms with Crippen LogP contribution in [0.3, 0.4) is 0 Å². The summed E-state index contributed by atoms with van der Waals surface area (Å²) in [6, 6.07) is 1.16. The maximum atomic E-state index is 12.3. The standard InChI is InChI=1S/C7H9FN2O/c1-2-9-7(11)6-3-5(8)4-10-6/h3-4,10H,2H2,1H3,(H,9,11). The van der Waals surface area contributed by atoms with Gasteiger partial charge in [0.05, 0.1) is 0 Å². The lowest BCUT2D eigenvalue weighted by atomic mass is 10.4. The van der Waals surface area contributed by atoms with E-state index in [2.05, 4.69) is 10.3 Å². The van der Waals surface area contributed by atoms with E-state index in [-0.39, 0.29) is 11.6 Å². The summed E-state index contributed by atoms with van der Waals surface area (Å²) < 4.78 is 12.3. The lowest BCUT2D eigenvalue weighted by molar-refractivity contribution is 0.0951. The Bertz CT molecular complexity index is 257. The SMILES string of the molecule is CCNC(=O)c1cc(F)c[nH]1. The van der Waals surface area contributed by atoms with Crippen LogP contribution >= 0.6 is 0 Å². The summed E-state index contributed by atoms with van der Waals surface area (Å²) in [6.07, 6.45) is 1.14. The fraction of sp³-hybridized carbons (Fsp3) is 0.286. The number of H-pyrrole nitrogens is 1. The average molecular weight is 156 g/mol. The molecular weight excluding hydrogens is 147 g/mol. The lowest BCUT2D eigenvalue weighted by Gasteiger charge is -1.96. The number of aromatic amines is 1. The van der Waals surface area contributed by atoms with Crippen molar-refractivity contribution in [3.8, 4) is 0 Å². The zero-order chi connectivity index (χ0) is 8.27. The van der Waals surface area contributed by atoms with Gasteiger partial charge in [-0.25, -0.2) is 4.39 Å². The minimum Gasteiger partial charge on any atom is -0.355 e. The number of nitrogens with one attached hydrogen (secondary N) is 2. The second-order valence-corrected chi connectivity index (χ2v) is 2.09. The summed E-state index contributed by atoms with van der Waals surface area (Å²) in [6.45, 7) is 2.34. The number of hydrogen-bond donors (Lipinski definition) is 2. The van der Waals surface area contributed by atoms with E-state index < -0.39 is 5.82 Å². The van der Waals surface area contributed by atoms with E-state index in [1.54, 1.807) is 6.92 Å². The van der Waals surface area contributed by atoms with Crippen molar-refractivity contribution in [2.45, 2.75) is 6.92 Å². The Morgan fingerprint density at radius 2 is 2.55 bits per heavy atom. The molecule has 1 amide bonds. The fourth-order valence-electron chi connectivity index (χ4n) is 0.755. The van der Waals surface area contributed by atoms with Gasteiger partial charge in [0.2, 0.25) is 0 Å². The van der Waals surface area contributed by atoms with E-state index in [0.717, 1.165) is 12.3 Å². The Balaban J connectivity index is 2.69. The predicted molar refractivity (Wildman–Crippen MR) is 38.8 cm³/mol. The third-order valence-corrected chi connectivity index (χ3v) is 1.23. The van der Waals surface area contributed by atoms with Crippen LogP contribution in [-0.4, -0.2) is 17.4 Å². The van der Waals surface area contributed by atoms with Crippen LogP contribution in [0.15, 0.2) is 12.3 Å². The van der Waals surface area contributed by atoms with Crippen molar-refractivity contribution in [1.82, 2.24) is 10.3 Å². The number of halogens is 1. The van der Waals surface area contributed by atoms with Crippen LogP contribution in [0.5, 0.6) is 0 Å². The number of aromatic nitrogens is 1. The molecule has 4 heteroatoms. The molecule has 0 fully saturated rings. The van der Waals surface area contributed by atoms with Gasteiger partial charge < -0.3 is 10.3 Å². The molecule has 1 aromatic rings. The Morgan fingerprint density at radius 1 is 1.82 bits per heavy atom. The first kappa shape index (κ1) is 7.78. The van der Waals surface area contributed by atoms with Crippen molar-refractivity contribution in [3.63, 3.8) is 0 Å². The van der Waals surface area contributed by atoms with Gasteiger partial charge in [-0.15, -0.1) is 0 Å². The molecule has 0 atom stereocenters. The Hall–Kier alpha value is -1.32. The normalized spacial score (nSPS) is 9.64. The first-order chi connectivity index (χ1) is 5.24. The van der Waals surface area contributed by atoms with Crippen molar-refractivity contribution in [2.24, 2.45) is 0 Å². The van der Waals surface area contributed by atoms with Gasteiger partial charge in [0, 0.05) is 18.8 Å². The van der Waals surface area contributed by atoms with Crippen LogP contribution in [0.4, 0.5) is 4.39 Å². The van der Waals surface area contributed by atoms with Crippen LogP contribution in [0.25, 0.3) is 0 Å². The van der Waals surface area contributed by atoms with Crippen LogP contribution in [0.1, 0.15) is 17.4 Å². The third-order valence-electron chi connectivity index (χ3n) is 1.23. The molecule has 60 valence electrons. The van der Waals surface area contributed by atoms with Gasteiger partial charge in [-0.1, -0.05) is 0 Å². The van der Waals surface area contributed by atoms with Gasteiger partial charge in [-0.05, 0) is 6.92 Å². The van der Waals surface area contributed by atoms with E-state index in [9.17, 15) is 9.18 Å². The van der Waals surface area contributed by atoms with Crippen molar-refractivity contribution in [3.05, 3.63) is 23.8 Å². The predicted octanol–water partition coefficient (Wildman–Crippen LogP) is 0.903. The van der Waals surface area contributed by atoms with Crippen LogP contribution in [0, 0.1) is 5.82 Å². The monoisotopic (exact) mass is 156 g/mol. The summed E-state index contributed by atoms with van der Waals surface area (Å²) in [7, 11) is 0. The lowest BCUT2D eigenvalue weighted by Crippen LogP contribution is -2.22. The van der Waals surface area contributed by atoms with Gasteiger partial charge in [-0.2, -0.15) is 0 Å². The van der Waals surface area contributed by atoms with Gasteiger partial charge in [0.15, 0.2) is 0 Å². The molecule has 11 heavy (non-hydrogen) atoms. The van der Waals surface area contributed by atoms with Crippen molar-refractivity contribution in [1.29, 1.82) is 0 Å². The first-order valence-corrected chi connectivity index (χ1v) is 3.36. The first-order valence-electron chi connectivity index (χ1n) is 3.36. The molecule has 1 aromatic heterocycles. The average Bonchev–Trinajstić information content (AvgIpc) is 2.36. The number of carbonyl (C=O) groups is 1. The molecule has 1 heterocycles. The number of rotatable bonds is 2. The molecule has 1 rings (SSSR count). The third kappa shape index (κ3) is 1.80. The summed E-state index contributed by atoms with van der Waals surface area (Å²) in [5.74, 6) is -0.706. The Labute approximate surface area is 63.6 Å². The van der Waals surface area contributed by atoms with Gasteiger partial charge in [-0.3, -0.25) is 4.79 Å². The van der Waals surface area contributed by atoms with Crippen LogP contribution in [-0.2, 0) is 0 Å². The molecule has 0 aromatic carbocycles. The van der Waals surface area contributed by atoms with E-state index in [0.29, 0.717) is 6.54 Å². The van der Waals surface area contributed by atoms with Crippen molar-refractivity contribution >= 4 is 5.91 Å². The summed E-state index contributed by atoms with van der Waals surface area (Å²) >= 11 is 0. The second-order valence-electron chi connectivity index (χ2n) is 2.09. The molecule has 0 spiro atoms. The highest BCUT2D eigenvalue weighted by atomic mass is 19.1. The number of amides is 1. The largest absolute Gasteiger partial charge is 0.355 e. The van der Waals surface area contributed by atoms with E-state index >= 15 is 0 Å². The molecule has 0 saturated heterocycles. The number of hydrogen-bond acceptors (Lipinski definition) is 1. The molecule has 0 radical (unpaired) electrons. The maximum Gasteiger partial charge on any atom is 0.267 e. The molecule has 0 unspecified atom stereocenters. The summed E-state index contributed by atoms with van der Waals surface area (Å²) in [5, 5.41) is 2.54. The molecule has 0 aliphatic heterocycles. The highest BCUT2D eigenvalue weighted by Crippen LogP contribution is 1.99. The molecule has 0 saturated carbocycles. The second kappa shape index (κ2) is 3.18. The zero-order valence-electron chi connectivity index (χ0n) is 6.15. The van der Waals surface area contributed by atoms with Crippen molar-refractivity contribution in [2.75, 3.05) is 6.54 Å². The molecule has 3 nitrogen and oxygen atoms in total. The topological polar surface area (TPSA) is 44.9 Å². The van der Waals surface area contributed by atoms with Gasteiger partial charge in [0.1, 0.15) is 11.5 Å². The zero-order valence-corrected chi connectivity index (χ0v) is 6.15. The quantitative estimate of drug-likeness (QED) is 0.656. The van der Waals surface area contributed by atoms with Crippen LogP contribution in [0.2, 0.25) is 0 Å². The van der Waals surface area contributed by atoms with E-state index in [4.69, 9.17) is 0 Å². The van der Waals surface area contributed by atoms with Gasteiger partial charge in [0.25, 0.3) is 5.91 Å². The Morgan fingerprint density at radius 3 is 3.00 bits per heavy atom. The van der Waals surface area contributed by atoms with Gasteiger partial charge >= 0.3 is 0 Å². The molecule has 0 bridgehead atoms. The maximum absolute atomic E-state index is 12.3. The molecule has 2 N–H and O–H groups in total. The Kier molecular flexibility index (Phi) is 2.25. The molecule has 0 aliphatic rings. The number of carbonyl (C=O) groups excluding carboxylic acids is 1. The fourth-order valence-corrected chi connectivity index (χ4v) is 0.755. The molecular formula is C7H9FN2O. The van der Waals surface area contributed by atoms with Crippen LogP contribution < -0.4 is 5.32 Å². The van der Waals surface area contributed by atoms with E-state index in [1.165, 1.54) is 0 Å². The molecule has 0 aliphatic carbocycles. The highest BCUT2D eigenvalue weighted by molar-refractivity contribution is 5.92. The smallest absolute Gasteiger partial charge is 0.267 e. The highest BCUT2D eigenvalue weighted by Gasteiger charge is 2.05. The van der Waals surface area contributed by atoms with Crippen molar-refractivity contribution < 1.29 is 9.18 Å². The summed E-state index contributed by atoms with van der Waals surface area (Å²) in [4.78, 5) is 13.5.